The number of nitrogens with zero attached hydrogens (tertiary/aromatic N) is 3. The third-order valence-electron chi connectivity index (χ3n) is 2.81. The summed E-state index contributed by atoms with van der Waals surface area (Å²) in [5.41, 5.74) is 6.81. The van der Waals surface area contributed by atoms with Gasteiger partial charge in [0.2, 0.25) is 5.95 Å². The molecule has 0 spiro atoms. The molecule has 0 fully saturated rings. The van der Waals surface area contributed by atoms with Crippen molar-refractivity contribution in [3.05, 3.63) is 17.5 Å². The van der Waals surface area contributed by atoms with E-state index in [4.69, 9.17) is 11.1 Å². The van der Waals surface area contributed by atoms with E-state index in [1.165, 1.54) is 0 Å². The van der Waals surface area contributed by atoms with Crippen molar-refractivity contribution in [1.82, 2.24) is 9.97 Å². The van der Waals surface area contributed by atoms with Crippen molar-refractivity contribution < 1.29 is 0 Å². The van der Waals surface area contributed by atoms with E-state index < -0.39 is 0 Å². The molecule has 0 amide bonds. The normalized spacial score (nSPS) is 12.2. The second-order valence-corrected chi connectivity index (χ2v) is 5.15. The number of hydrogen-bond acceptors (Lipinski definition) is 5. The fourth-order valence-corrected chi connectivity index (χ4v) is 2.55. The van der Waals surface area contributed by atoms with E-state index in [1.807, 2.05) is 25.7 Å². The highest BCUT2D eigenvalue weighted by Crippen LogP contribution is 2.15. The second-order valence-electron chi connectivity index (χ2n) is 4.24. The van der Waals surface area contributed by atoms with Crippen LogP contribution in [0.5, 0.6) is 0 Å². The van der Waals surface area contributed by atoms with Crippen LogP contribution in [0.1, 0.15) is 24.7 Å². The molecule has 6 heteroatoms. The Morgan fingerprint density at radius 1 is 1.56 bits per heavy atom. The van der Waals surface area contributed by atoms with Crippen LogP contribution in [0, 0.1) is 12.3 Å². The maximum atomic E-state index is 7.47. The summed E-state index contributed by atoms with van der Waals surface area (Å²) in [5, 5.41) is 7.47. The molecule has 1 heterocycles. The zero-order valence-electron chi connectivity index (χ0n) is 11.4. The van der Waals surface area contributed by atoms with Crippen molar-refractivity contribution in [3.8, 4) is 0 Å². The van der Waals surface area contributed by atoms with Crippen molar-refractivity contribution in [2.45, 2.75) is 26.3 Å². The molecule has 0 aliphatic rings. The molecule has 1 unspecified atom stereocenters. The van der Waals surface area contributed by atoms with E-state index in [1.54, 1.807) is 6.07 Å². The predicted octanol–water partition coefficient (Wildman–Crippen LogP) is 1.65. The van der Waals surface area contributed by atoms with Gasteiger partial charge < -0.3 is 10.6 Å². The molecule has 1 aromatic rings. The smallest absolute Gasteiger partial charge is 0.226 e. The first-order valence-electron chi connectivity index (χ1n) is 5.91. The van der Waals surface area contributed by atoms with E-state index in [9.17, 15) is 0 Å². The second kappa shape index (κ2) is 6.58. The van der Waals surface area contributed by atoms with Gasteiger partial charge in [-0.3, -0.25) is 5.41 Å². The van der Waals surface area contributed by atoms with Crippen LogP contribution >= 0.6 is 11.8 Å². The molecule has 1 rings (SSSR count). The van der Waals surface area contributed by atoms with Crippen LogP contribution in [0.25, 0.3) is 0 Å². The average Bonchev–Trinajstić information content (AvgIpc) is 2.34. The number of aryl methyl sites for hydroxylation is 1. The first-order chi connectivity index (χ1) is 8.49. The minimum absolute atomic E-state index is 0.0203. The summed E-state index contributed by atoms with van der Waals surface area (Å²) < 4.78 is 0. The highest BCUT2D eigenvalue weighted by atomic mass is 32.2. The summed E-state index contributed by atoms with van der Waals surface area (Å²) in [6.07, 6.45) is 3.12. The minimum Gasteiger partial charge on any atom is -0.382 e. The summed E-state index contributed by atoms with van der Waals surface area (Å²) in [7, 11) is 1.99. The van der Waals surface area contributed by atoms with Crippen molar-refractivity contribution in [2.75, 3.05) is 24.0 Å². The summed E-state index contributed by atoms with van der Waals surface area (Å²) >= 11 is 1.81. The van der Waals surface area contributed by atoms with E-state index in [-0.39, 0.29) is 5.84 Å². The number of nitrogens with one attached hydrogen (secondary N) is 1. The number of nitrogens with two attached hydrogens (primary N) is 1. The summed E-state index contributed by atoms with van der Waals surface area (Å²) in [6.45, 7) is 4.04. The molecule has 0 aliphatic carbocycles. The number of rotatable bonds is 6. The summed E-state index contributed by atoms with van der Waals surface area (Å²) in [6, 6.07) is 2.12. The molecule has 0 saturated heterocycles. The topological polar surface area (TPSA) is 78.9 Å². The molecule has 1 aromatic heterocycles. The van der Waals surface area contributed by atoms with Gasteiger partial charge in [0, 0.05) is 24.5 Å². The van der Waals surface area contributed by atoms with Crippen LogP contribution in [0.15, 0.2) is 6.07 Å². The molecule has 0 saturated carbocycles. The van der Waals surface area contributed by atoms with Crippen molar-refractivity contribution >= 4 is 23.5 Å². The van der Waals surface area contributed by atoms with E-state index >= 15 is 0 Å². The van der Waals surface area contributed by atoms with Crippen molar-refractivity contribution in [1.29, 1.82) is 5.41 Å². The monoisotopic (exact) mass is 267 g/mol. The minimum atomic E-state index is -0.0203. The van der Waals surface area contributed by atoms with Crippen LogP contribution in [0.3, 0.4) is 0 Å². The largest absolute Gasteiger partial charge is 0.382 e. The zero-order chi connectivity index (χ0) is 13.7. The molecule has 3 N–H and O–H groups in total. The molecule has 18 heavy (non-hydrogen) atoms. The maximum Gasteiger partial charge on any atom is 0.226 e. The van der Waals surface area contributed by atoms with Crippen LogP contribution < -0.4 is 10.6 Å². The molecule has 0 aromatic carbocycles. The number of nitrogen functional groups attached to an aromatic ring is 1. The van der Waals surface area contributed by atoms with Gasteiger partial charge in [0.05, 0.1) is 0 Å². The standard InChI is InChI=1S/C12H21N5S/c1-5-9(7-18-4)17(3)12-15-8(2)6-10(16-12)11(13)14/h6,9H,5,7H2,1-4H3,(H3,13,14). The lowest BCUT2D eigenvalue weighted by Crippen LogP contribution is -2.35. The Morgan fingerprint density at radius 2 is 2.22 bits per heavy atom. The lowest BCUT2D eigenvalue weighted by Gasteiger charge is -2.27. The van der Waals surface area contributed by atoms with Gasteiger partial charge >= 0.3 is 0 Å². The van der Waals surface area contributed by atoms with Crippen molar-refractivity contribution in [3.63, 3.8) is 0 Å². The predicted molar refractivity (Wildman–Crippen MR) is 78.6 cm³/mol. The highest BCUT2D eigenvalue weighted by Gasteiger charge is 2.16. The van der Waals surface area contributed by atoms with Gasteiger partial charge in [-0.1, -0.05) is 6.92 Å². The average molecular weight is 267 g/mol. The first kappa shape index (κ1) is 14.8. The number of aromatic nitrogens is 2. The fraction of sp³-hybridized carbons (Fsp3) is 0.583. The Hall–Kier alpha value is -1.30. The lowest BCUT2D eigenvalue weighted by molar-refractivity contribution is 0.655. The van der Waals surface area contributed by atoms with Gasteiger partial charge in [-0.05, 0) is 25.7 Å². The Labute approximate surface area is 113 Å². The number of hydrogen-bond donors (Lipinski definition) is 2. The van der Waals surface area contributed by atoms with Crippen molar-refractivity contribution in [2.24, 2.45) is 5.73 Å². The Morgan fingerprint density at radius 3 is 2.72 bits per heavy atom. The van der Waals surface area contributed by atoms with Gasteiger partial charge in [-0.25, -0.2) is 9.97 Å². The van der Waals surface area contributed by atoms with Crippen LogP contribution in [0.4, 0.5) is 5.95 Å². The molecule has 0 radical (unpaired) electrons. The molecule has 0 bridgehead atoms. The number of thioether (sulfide) groups is 1. The van der Waals surface area contributed by atoms with E-state index in [0.717, 1.165) is 17.9 Å². The molecule has 5 nitrogen and oxygen atoms in total. The summed E-state index contributed by atoms with van der Waals surface area (Å²) in [4.78, 5) is 10.8. The SMILES string of the molecule is CCC(CSC)N(C)c1nc(C)cc(C(=N)N)n1. The fourth-order valence-electron chi connectivity index (χ4n) is 1.71. The van der Waals surface area contributed by atoms with E-state index in [0.29, 0.717) is 17.7 Å². The molecule has 1 atom stereocenters. The molecule has 0 aliphatic heterocycles. The van der Waals surface area contributed by atoms with Gasteiger partial charge in [-0.15, -0.1) is 0 Å². The maximum absolute atomic E-state index is 7.47. The number of amidine groups is 1. The highest BCUT2D eigenvalue weighted by molar-refractivity contribution is 7.98. The van der Waals surface area contributed by atoms with Gasteiger partial charge in [0.1, 0.15) is 11.5 Å². The molecule has 100 valence electrons. The zero-order valence-corrected chi connectivity index (χ0v) is 12.2. The number of anilines is 1. The molecular formula is C12H21N5S. The van der Waals surface area contributed by atoms with E-state index in [2.05, 4.69) is 28.0 Å². The lowest BCUT2D eigenvalue weighted by atomic mass is 10.2. The first-order valence-corrected chi connectivity index (χ1v) is 7.30. The van der Waals surface area contributed by atoms with Gasteiger partial charge in [0.25, 0.3) is 0 Å². The van der Waals surface area contributed by atoms with Gasteiger partial charge in [-0.2, -0.15) is 11.8 Å². The summed E-state index contributed by atoms with van der Waals surface area (Å²) in [5.74, 6) is 1.65. The third kappa shape index (κ3) is 3.60. The van der Waals surface area contributed by atoms with Crippen LogP contribution in [-0.2, 0) is 0 Å². The Bertz CT molecular complexity index is 421. The Kier molecular flexibility index (Phi) is 5.40. The Balaban J connectivity index is 3.04. The van der Waals surface area contributed by atoms with Gasteiger partial charge in [0.15, 0.2) is 0 Å². The van der Waals surface area contributed by atoms with Crippen LogP contribution in [-0.4, -0.2) is 40.9 Å². The van der Waals surface area contributed by atoms with Crippen LogP contribution in [0.2, 0.25) is 0 Å². The molecular weight excluding hydrogens is 246 g/mol. The quantitative estimate of drug-likeness (QED) is 0.605. The third-order valence-corrected chi connectivity index (χ3v) is 3.53.